The van der Waals surface area contributed by atoms with Gasteiger partial charge in [-0.3, -0.25) is 42.5 Å². The summed E-state index contributed by atoms with van der Waals surface area (Å²) in [5.41, 5.74) is 0. The maximum Gasteiger partial charge on any atom is 0.214 e. The van der Waals surface area contributed by atoms with E-state index in [2.05, 4.69) is 74.5 Å². The quantitative estimate of drug-likeness (QED) is 0.0962. The van der Waals surface area contributed by atoms with Crippen LogP contribution in [0.25, 0.3) is 0 Å². The second kappa shape index (κ2) is 20.0. The summed E-state index contributed by atoms with van der Waals surface area (Å²) in [4.78, 5) is 0. The third kappa shape index (κ3) is 9.20. The summed E-state index contributed by atoms with van der Waals surface area (Å²) >= 11 is 0. The van der Waals surface area contributed by atoms with Crippen LogP contribution in [0.4, 0.5) is 0 Å². The van der Waals surface area contributed by atoms with Crippen molar-refractivity contribution in [3.05, 3.63) is 0 Å². The zero-order valence-corrected chi connectivity index (χ0v) is 39.1. The Bertz CT molecular complexity index is 1490. The van der Waals surface area contributed by atoms with Crippen molar-refractivity contribution in [1.29, 1.82) is 0 Å². The average Bonchev–Trinajstić information content (AvgIpc) is 4.01. The second-order valence-corrected chi connectivity index (χ2v) is 23.9. The summed E-state index contributed by atoms with van der Waals surface area (Å²) in [5, 5.41) is 34.3. The van der Waals surface area contributed by atoms with Gasteiger partial charge in [-0.05, 0) is 117 Å². The van der Waals surface area contributed by atoms with Gasteiger partial charge in [0.1, 0.15) is 0 Å². The normalized spacial score (nSPS) is 45.1. The van der Waals surface area contributed by atoms with Crippen LogP contribution >= 0.6 is 0 Å². The maximum absolute atomic E-state index is 15.2. The van der Waals surface area contributed by atoms with Crippen LogP contribution in [0.2, 0.25) is 0 Å². The van der Waals surface area contributed by atoms with Crippen LogP contribution in [0.5, 0.6) is 0 Å². The van der Waals surface area contributed by atoms with Gasteiger partial charge in [-0.15, -0.1) is 0 Å². The monoisotopic (exact) mass is 856 g/mol. The van der Waals surface area contributed by atoms with Gasteiger partial charge in [0, 0.05) is 18.5 Å². The number of hydrogen-bond donors (Lipinski definition) is 8. The molecular weight excluding hydrogens is 767 g/mol. The minimum Gasteiger partial charge on any atom is -0.286 e. The molecule has 4 saturated carbocycles. The van der Waals surface area contributed by atoms with Crippen molar-refractivity contribution in [2.24, 2.45) is 59.2 Å². The van der Waals surface area contributed by atoms with Gasteiger partial charge in [-0.25, -0.2) is 8.42 Å². The van der Waals surface area contributed by atoms with Gasteiger partial charge < -0.3 is 0 Å². The Morgan fingerprint density at radius 1 is 0.450 bits per heavy atom. The van der Waals surface area contributed by atoms with E-state index < -0.39 is 10.0 Å². The van der Waals surface area contributed by atoms with E-state index in [9.17, 15) is 0 Å². The molecule has 5 aliphatic heterocycles. The van der Waals surface area contributed by atoms with Crippen LogP contribution in [0.1, 0.15) is 175 Å². The Hall–Kier alpha value is -0.410. The Morgan fingerprint density at radius 2 is 0.800 bits per heavy atom. The number of fused-ring (bicyclic) bond motifs is 20. The van der Waals surface area contributed by atoms with Crippen molar-refractivity contribution in [3.8, 4) is 0 Å². The minimum atomic E-state index is -3.49. The van der Waals surface area contributed by atoms with Gasteiger partial charge in [-0.2, -0.15) is 4.31 Å². The molecule has 0 amide bonds. The Kier molecular flexibility index (Phi) is 14.9. The van der Waals surface area contributed by atoms with E-state index in [-0.39, 0.29) is 48.7 Å². The lowest BCUT2D eigenvalue weighted by molar-refractivity contribution is 0.0919. The summed E-state index contributed by atoms with van der Waals surface area (Å²) in [5.74, 6) is 5.23. The molecule has 9 aliphatic rings. The van der Waals surface area contributed by atoms with Crippen molar-refractivity contribution in [2.75, 3.05) is 12.3 Å². The highest BCUT2D eigenvalue weighted by molar-refractivity contribution is 7.89. The minimum absolute atomic E-state index is 0.000945. The van der Waals surface area contributed by atoms with Gasteiger partial charge in [0.2, 0.25) is 10.0 Å². The molecule has 0 aromatic carbocycles. The fourth-order valence-electron chi connectivity index (χ4n) is 15.3. The standard InChI is InChI=1S/C48H89N9O2S/c1-5-9-18-30(7-3)28-57(60(58,59)29-31(8-4)19-10-6-2)39-27-17-26-38-40(39)48-55-46-37-25-16-15-24-36(37)44(53-46)51-42-33-21-12-11-20-32(33)41(49-42)50-43-34-22-13-14-23-35(34)45(52-43)54-47(38)56-48/h30-56H,5-29H2,1-4H3. The van der Waals surface area contributed by atoms with Gasteiger partial charge in [0.15, 0.2) is 0 Å². The topological polar surface area (TPSA) is 134 Å². The highest BCUT2D eigenvalue weighted by atomic mass is 32.2. The molecule has 0 radical (unpaired) electrons. The first kappa shape index (κ1) is 44.8. The molecule has 12 heteroatoms. The smallest absolute Gasteiger partial charge is 0.214 e. The van der Waals surface area contributed by atoms with E-state index in [1.165, 1.54) is 83.5 Å². The summed E-state index contributed by atoms with van der Waals surface area (Å²) in [6.45, 7) is 9.70. The molecule has 19 atom stereocenters. The largest absolute Gasteiger partial charge is 0.286 e. The number of hydrogen-bond acceptors (Lipinski definition) is 10. The number of rotatable bonds is 14. The van der Waals surface area contributed by atoms with Crippen LogP contribution < -0.4 is 42.5 Å². The maximum atomic E-state index is 15.2. The fraction of sp³-hybridized carbons (Fsp3) is 1.00. The van der Waals surface area contributed by atoms with Crippen molar-refractivity contribution in [3.63, 3.8) is 0 Å². The molecule has 8 N–H and O–H groups in total. The highest BCUT2D eigenvalue weighted by Gasteiger charge is 2.57. The zero-order chi connectivity index (χ0) is 41.4. The molecule has 8 bridgehead atoms. The lowest BCUT2D eigenvalue weighted by Gasteiger charge is -2.45. The van der Waals surface area contributed by atoms with Crippen LogP contribution in [-0.2, 0) is 10.0 Å². The van der Waals surface area contributed by atoms with Crippen LogP contribution in [0, 0.1) is 59.2 Å². The zero-order valence-electron chi connectivity index (χ0n) is 38.3. The van der Waals surface area contributed by atoms with Gasteiger partial charge in [0.25, 0.3) is 0 Å². The summed E-state index contributed by atoms with van der Waals surface area (Å²) in [6, 6.07) is 0.000945. The molecule has 11 nitrogen and oxygen atoms in total. The summed E-state index contributed by atoms with van der Waals surface area (Å²) < 4.78 is 32.6. The van der Waals surface area contributed by atoms with Crippen molar-refractivity contribution in [2.45, 2.75) is 231 Å². The van der Waals surface area contributed by atoms with E-state index in [1.807, 2.05) is 0 Å². The van der Waals surface area contributed by atoms with Gasteiger partial charge >= 0.3 is 0 Å². The molecule has 9 fully saturated rings. The predicted molar refractivity (Wildman–Crippen MR) is 243 cm³/mol. The van der Waals surface area contributed by atoms with Crippen molar-refractivity contribution in [1.82, 2.24) is 46.8 Å². The Balaban J connectivity index is 1.06. The molecule has 9 rings (SSSR count). The van der Waals surface area contributed by atoms with E-state index in [0.29, 0.717) is 78.1 Å². The lowest BCUT2D eigenvalue weighted by Crippen LogP contribution is -2.62. The number of nitrogens with one attached hydrogen (secondary N) is 8. The fourth-order valence-corrected chi connectivity index (χ4v) is 17.6. The third-order valence-electron chi connectivity index (χ3n) is 18.6. The molecule has 344 valence electrons. The molecule has 5 heterocycles. The third-order valence-corrected chi connectivity index (χ3v) is 20.6. The molecule has 60 heavy (non-hydrogen) atoms. The first-order valence-electron chi connectivity index (χ1n) is 26.4. The molecule has 5 saturated heterocycles. The molecule has 0 aromatic heterocycles. The van der Waals surface area contributed by atoms with Crippen molar-refractivity contribution < 1.29 is 8.42 Å². The number of sulfonamides is 1. The molecule has 0 spiro atoms. The van der Waals surface area contributed by atoms with E-state index in [0.717, 1.165) is 64.2 Å². The second-order valence-electron chi connectivity index (χ2n) is 21.9. The summed E-state index contributed by atoms with van der Waals surface area (Å²) in [7, 11) is -3.49. The summed E-state index contributed by atoms with van der Waals surface area (Å²) in [6.07, 6.45) is 29.4. The average molecular weight is 856 g/mol. The van der Waals surface area contributed by atoms with E-state index >= 15 is 8.42 Å². The van der Waals surface area contributed by atoms with E-state index in [4.69, 9.17) is 0 Å². The molecule has 4 aliphatic carbocycles. The Labute approximate surface area is 366 Å². The first-order chi connectivity index (χ1) is 29.3. The highest BCUT2D eigenvalue weighted by Crippen LogP contribution is 2.47. The lowest BCUT2D eigenvalue weighted by atomic mass is 9.74. The number of unbranched alkanes of at least 4 members (excludes halogenated alkanes) is 2. The molecule has 0 aromatic rings. The Morgan fingerprint density at radius 3 is 1.18 bits per heavy atom. The van der Waals surface area contributed by atoms with Gasteiger partial charge in [0.05, 0.1) is 55.1 Å². The predicted octanol–water partition coefficient (Wildman–Crippen LogP) is 6.65. The van der Waals surface area contributed by atoms with E-state index in [1.54, 1.807) is 0 Å². The van der Waals surface area contributed by atoms with Crippen LogP contribution in [-0.4, -0.2) is 80.4 Å². The van der Waals surface area contributed by atoms with Crippen molar-refractivity contribution >= 4 is 10.0 Å². The molecule has 19 unspecified atom stereocenters. The number of nitrogens with zero attached hydrogens (tertiary/aromatic N) is 1. The van der Waals surface area contributed by atoms with Crippen LogP contribution in [0.3, 0.4) is 0 Å². The van der Waals surface area contributed by atoms with Gasteiger partial charge in [-0.1, -0.05) is 111 Å². The first-order valence-corrected chi connectivity index (χ1v) is 28.0. The SMILES string of the molecule is CCCCC(CC)CN(C1CCCC2C3NC4NC(NC5NC(NC6NC(NC(N3)C21)C1CCCCC61)C1CCCCC51)C1CCCCC41)S(=O)(=O)CC(CC)CCCC. The molecular formula is C48H89N9O2S. The van der Waals surface area contributed by atoms with Crippen LogP contribution in [0.15, 0.2) is 0 Å².